The molecule has 0 radical (unpaired) electrons. The van der Waals surface area contributed by atoms with E-state index in [4.69, 9.17) is 4.74 Å². The van der Waals surface area contributed by atoms with Gasteiger partial charge in [-0.1, -0.05) is 0 Å². The molecule has 2 aromatic carbocycles. The number of hydrogen-bond donors (Lipinski definition) is 0. The Labute approximate surface area is 107 Å². The monoisotopic (exact) mass is 266 g/mol. The third kappa shape index (κ3) is 2.93. The zero-order valence-corrected chi connectivity index (χ0v) is 9.91. The molecule has 0 atom stereocenters. The Morgan fingerprint density at radius 3 is 2.37 bits per heavy atom. The maximum absolute atomic E-state index is 13.3. The molecule has 0 aromatic heterocycles. The number of rotatable bonds is 2. The van der Waals surface area contributed by atoms with Crippen molar-refractivity contribution < 1.29 is 22.7 Å². The molecular formula is C14H9F3O2. The molecule has 0 unspecified atom stereocenters. The van der Waals surface area contributed by atoms with Crippen LogP contribution in [-0.4, -0.2) is 5.97 Å². The van der Waals surface area contributed by atoms with Crippen molar-refractivity contribution in [3.8, 4) is 5.75 Å². The van der Waals surface area contributed by atoms with Crippen LogP contribution in [0.3, 0.4) is 0 Å². The van der Waals surface area contributed by atoms with E-state index in [2.05, 4.69) is 0 Å². The zero-order valence-electron chi connectivity index (χ0n) is 9.91. The van der Waals surface area contributed by atoms with Crippen molar-refractivity contribution >= 4 is 5.97 Å². The second-order valence-corrected chi connectivity index (χ2v) is 3.92. The molecule has 0 amide bonds. The van der Waals surface area contributed by atoms with Gasteiger partial charge in [-0.3, -0.25) is 0 Å². The van der Waals surface area contributed by atoms with Crippen molar-refractivity contribution in [3.05, 3.63) is 65.0 Å². The van der Waals surface area contributed by atoms with E-state index < -0.39 is 23.4 Å². The first-order valence-corrected chi connectivity index (χ1v) is 5.41. The number of carbonyl (C=O) groups excluding carboxylic acids is 1. The van der Waals surface area contributed by atoms with Crippen molar-refractivity contribution in [2.45, 2.75) is 6.92 Å². The van der Waals surface area contributed by atoms with Crippen LogP contribution < -0.4 is 4.74 Å². The van der Waals surface area contributed by atoms with Gasteiger partial charge in [-0.25, -0.2) is 18.0 Å². The SMILES string of the molecule is Cc1cc(OC(=O)c2ccc(F)cc2F)ccc1F. The van der Waals surface area contributed by atoms with E-state index in [0.29, 0.717) is 11.6 Å². The maximum Gasteiger partial charge on any atom is 0.346 e. The summed E-state index contributed by atoms with van der Waals surface area (Å²) in [7, 11) is 0. The lowest BCUT2D eigenvalue weighted by molar-refractivity contribution is 0.0729. The highest BCUT2D eigenvalue weighted by Crippen LogP contribution is 2.18. The standard InChI is InChI=1S/C14H9F3O2/c1-8-6-10(3-5-12(8)16)19-14(18)11-4-2-9(15)7-13(11)17/h2-7H,1H3. The van der Waals surface area contributed by atoms with Crippen LogP contribution in [0, 0.1) is 24.4 Å². The van der Waals surface area contributed by atoms with Crippen LogP contribution in [-0.2, 0) is 0 Å². The summed E-state index contributed by atoms with van der Waals surface area (Å²) in [4.78, 5) is 11.7. The van der Waals surface area contributed by atoms with Crippen molar-refractivity contribution in [2.24, 2.45) is 0 Å². The van der Waals surface area contributed by atoms with Gasteiger partial charge in [0.2, 0.25) is 0 Å². The Bertz CT molecular complexity index is 639. The van der Waals surface area contributed by atoms with Crippen LogP contribution in [0.1, 0.15) is 15.9 Å². The van der Waals surface area contributed by atoms with E-state index in [0.717, 1.165) is 18.2 Å². The molecule has 0 aliphatic heterocycles. The van der Waals surface area contributed by atoms with Gasteiger partial charge in [-0.15, -0.1) is 0 Å². The fourth-order valence-corrected chi connectivity index (χ4v) is 1.50. The maximum atomic E-state index is 13.3. The molecule has 2 rings (SSSR count). The number of ether oxygens (including phenoxy) is 1. The molecule has 0 aliphatic rings. The van der Waals surface area contributed by atoms with Crippen LogP contribution in [0.5, 0.6) is 5.75 Å². The molecule has 0 aliphatic carbocycles. The van der Waals surface area contributed by atoms with Crippen molar-refractivity contribution in [1.82, 2.24) is 0 Å². The molecule has 2 nitrogen and oxygen atoms in total. The fraction of sp³-hybridized carbons (Fsp3) is 0.0714. The fourth-order valence-electron chi connectivity index (χ4n) is 1.50. The molecule has 19 heavy (non-hydrogen) atoms. The van der Waals surface area contributed by atoms with E-state index in [1.165, 1.54) is 19.1 Å². The third-order valence-corrected chi connectivity index (χ3v) is 2.49. The number of esters is 1. The Hall–Kier alpha value is -2.30. The molecule has 0 saturated heterocycles. The lowest BCUT2D eigenvalue weighted by atomic mass is 10.2. The molecule has 0 saturated carbocycles. The van der Waals surface area contributed by atoms with Gasteiger partial charge in [0, 0.05) is 6.07 Å². The van der Waals surface area contributed by atoms with Crippen molar-refractivity contribution in [3.63, 3.8) is 0 Å². The normalized spacial score (nSPS) is 10.3. The van der Waals surface area contributed by atoms with Gasteiger partial charge in [-0.05, 0) is 42.8 Å². The second-order valence-electron chi connectivity index (χ2n) is 3.92. The van der Waals surface area contributed by atoms with E-state index in [-0.39, 0.29) is 11.3 Å². The van der Waals surface area contributed by atoms with Gasteiger partial charge in [0.15, 0.2) is 0 Å². The molecule has 5 heteroatoms. The van der Waals surface area contributed by atoms with Crippen LogP contribution in [0.25, 0.3) is 0 Å². The molecule has 98 valence electrons. The molecular weight excluding hydrogens is 257 g/mol. The van der Waals surface area contributed by atoms with E-state index in [9.17, 15) is 18.0 Å². The lowest BCUT2D eigenvalue weighted by Crippen LogP contribution is -2.11. The van der Waals surface area contributed by atoms with Crippen LogP contribution in [0.15, 0.2) is 36.4 Å². The van der Waals surface area contributed by atoms with Gasteiger partial charge in [0.25, 0.3) is 0 Å². The second kappa shape index (κ2) is 5.14. The molecule has 2 aromatic rings. The van der Waals surface area contributed by atoms with E-state index in [1.54, 1.807) is 0 Å². The molecule has 0 bridgehead atoms. The van der Waals surface area contributed by atoms with Crippen LogP contribution in [0.2, 0.25) is 0 Å². The largest absolute Gasteiger partial charge is 0.423 e. The number of hydrogen-bond acceptors (Lipinski definition) is 2. The molecule has 0 heterocycles. The lowest BCUT2D eigenvalue weighted by Gasteiger charge is -2.06. The van der Waals surface area contributed by atoms with Gasteiger partial charge in [0.1, 0.15) is 23.2 Å². The summed E-state index contributed by atoms with van der Waals surface area (Å²) >= 11 is 0. The topological polar surface area (TPSA) is 26.3 Å². The average molecular weight is 266 g/mol. The predicted molar refractivity (Wildman–Crippen MR) is 62.5 cm³/mol. The number of halogens is 3. The Morgan fingerprint density at radius 2 is 1.74 bits per heavy atom. The zero-order chi connectivity index (χ0) is 14.0. The molecule has 0 fully saturated rings. The highest BCUT2D eigenvalue weighted by Gasteiger charge is 2.15. The Morgan fingerprint density at radius 1 is 1.00 bits per heavy atom. The summed E-state index contributed by atoms with van der Waals surface area (Å²) in [6, 6.07) is 6.24. The highest BCUT2D eigenvalue weighted by atomic mass is 19.1. The number of benzene rings is 2. The first-order valence-electron chi connectivity index (χ1n) is 5.41. The number of aryl methyl sites for hydroxylation is 1. The van der Waals surface area contributed by atoms with Gasteiger partial charge < -0.3 is 4.74 Å². The Balaban J connectivity index is 2.23. The van der Waals surface area contributed by atoms with Crippen LogP contribution in [0.4, 0.5) is 13.2 Å². The summed E-state index contributed by atoms with van der Waals surface area (Å²) in [5, 5.41) is 0. The van der Waals surface area contributed by atoms with Gasteiger partial charge >= 0.3 is 5.97 Å². The van der Waals surface area contributed by atoms with Gasteiger partial charge in [0.05, 0.1) is 5.56 Å². The van der Waals surface area contributed by atoms with Crippen LogP contribution >= 0.6 is 0 Å². The van der Waals surface area contributed by atoms with Crippen molar-refractivity contribution in [1.29, 1.82) is 0 Å². The summed E-state index contributed by atoms with van der Waals surface area (Å²) in [6.45, 7) is 1.51. The predicted octanol–water partition coefficient (Wildman–Crippen LogP) is 3.63. The summed E-state index contributed by atoms with van der Waals surface area (Å²) in [5.41, 5.74) is -0.0896. The minimum Gasteiger partial charge on any atom is -0.423 e. The van der Waals surface area contributed by atoms with E-state index in [1.807, 2.05) is 0 Å². The molecule has 0 N–H and O–H groups in total. The summed E-state index contributed by atoms with van der Waals surface area (Å²) in [5.74, 6) is -3.11. The third-order valence-electron chi connectivity index (χ3n) is 2.49. The minimum absolute atomic E-state index is 0.0904. The first kappa shape index (κ1) is 13.1. The first-order chi connectivity index (χ1) is 8.97. The molecule has 0 spiro atoms. The summed E-state index contributed by atoms with van der Waals surface area (Å²) < 4.78 is 44.0. The minimum atomic E-state index is -1.01. The van der Waals surface area contributed by atoms with Crippen molar-refractivity contribution in [2.75, 3.05) is 0 Å². The average Bonchev–Trinajstić information content (AvgIpc) is 2.33. The quantitative estimate of drug-likeness (QED) is 0.613. The highest BCUT2D eigenvalue weighted by molar-refractivity contribution is 5.91. The van der Waals surface area contributed by atoms with E-state index >= 15 is 0 Å². The van der Waals surface area contributed by atoms with Gasteiger partial charge in [-0.2, -0.15) is 0 Å². The smallest absolute Gasteiger partial charge is 0.346 e. The number of carbonyl (C=O) groups is 1. The Kier molecular flexibility index (Phi) is 3.55. The summed E-state index contributed by atoms with van der Waals surface area (Å²) in [6.07, 6.45) is 0.